The number of hydrogen-bond acceptors (Lipinski definition) is 4. The Labute approximate surface area is 167 Å². The van der Waals surface area contributed by atoms with Gasteiger partial charge in [0, 0.05) is 22.7 Å². The third-order valence-corrected chi connectivity index (χ3v) is 4.85. The summed E-state index contributed by atoms with van der Waals surface area (Å²) in [4.78, 5) is 37.6. The van der Waals surface area contributed by atoms with Gasteiger partial charge in [0.25, 0.3) is 17.4 Å². The van der Waals surface area contributed by atoms with Gasteiger partial charge in [-0.3, -0.25) is 14.4 Å². The van der Waals surface area contributed by atoms with Crippen molar-refractivity contribution < 1.29 is 9.59 Å². The van der Waals surface area contributed by atoms with Crippen molar-refractivity contribution in [2.24, 2.45) is 0 Å². The van der Waals surface area contributed by atoms with Crippen LogP contribution in [0.25, 0.3) is 10.8 Å². The summed E-state index contributed by atoms with van der Waals surface area (Å²) in [5.74, 6) is -0.521. The average Bonchev–Trinajstić information content (AvgIpc) is 3.52. The lowest BCUT2D eigenvalue weighted by molar-refractivity contribution is 0.0950. The van der Waals surface area contributed by atoms with Crippen molar-refractivity contribution in [3.8, 4) is 0 Å². The van der Waals surface area contributed by atoms with Crippen LogP contribution in [0.5, 0.6) is 0 Å². The number of nitrogens with zero attached hydrogens (tertiary/aromatic N) is 2. The molecule has 0 atom stereocenters. The van der Waals surface area contributed by atoms with Gasteiger partial charge in [0.05, 0.1) is 11.4 Å². The first-order valence-electron chi connectivity index (χ1n) is 9.68. The third-order valence-electron chi connectivity index (χ3n) is 4.85. The number of nitrogens with one attached hydrogen (secondary N) is 2. The van der Waals surface area contributed by atoms with Crippen molar-refractivity contribution >= 4 is 28.3 Å². The van der Waals surface area contributed by atoms with E-state index in [2.05, 4.69) is 15.7 Å². The zero-order valence-corrected chi connectivity index (χ0v) is 16.3. The predicted molar refractivity (Wildman–Crippen MR) is 111 cm³/mol. The Bertz CT molecular complexity index is 1140. The molecule has 0 radical (unpaired) electrons. The van der Waals surface area contributed by atoms with E-state index in [1.54, 1.807) is 48.5 Å². The number of amides is 2. The second-order valence-electron chi connectivity index (χ2n) is 7.52. The van der Waals surface area contributed by atoms with E-state index in [9.17, 15) is 14.4 Å². The monoisotopic (exact) mass is 390 g/mol. The molecule has 0 spiro atoms. The minimum atomic E-state index is -0.411. The topological polar surface area (TPSA) is 93.1 Å². The molecular weight excluding hydrogens is 368 g/mol. The molecule has 0 bridgehead atoms. The van der Waals surface area contributed by atoms with Crippen LogP contribution in [0.15, 0.2) is 53.3 Å². The first kappa shape index (κ1) is 18.9. The SMILES string of the molecule is CC(C)n1nc(C(=O)Nc2ccc(C(=O)NC3CC3)cc2)c2ccccc2c1=O. The average molecular weight is 390 g/mol. The lowest BCUT2D eigenvalue weighted by Crippen LogP contribution is -2.29. The van der Waals surface area contributed by atoms with Gasteiger partial charge >= 0.3 is 0 Å². The van der Waals surface area contributed by atoms with Gasteiger partial charge in [-0.2, -0.15) is 5.10 Å². The van der Waals surface area contributed by atoms with Gasteiger partial charge in [0.2, 0.25) is 0 Å². The maximum Gasteiger partial charge on any atom is 0.276 e. The molecule has 0 aliphatic heterocycles. The molecule has 1 aromatic heterocycles. The Hall–Kier alpha value is -3.48. The fourth-order valence-electron chi connectivity index (χ4n) is 3.12. The van der Waals surface area contributed by atoms with Crippen molar-refractivity contribution in [1.82, 2.24) is 15.1 Å². The quantitative estimate of drug-likeness (QED) is 0.700. The first-order chi connectivity index (χ1) is 13.9. The number of rotatable bonds is 5. The molecule has 1 aliphatic carbocycles. The van der Waals surface area contributed by atoms with E-state index in [1.807, 2.05) is 13.8 Å². The number of carbonyl (C=O) groups is 2. The molecule has 1 aliphatic rings. The molecule has 3 aromatic rings. The van der Waals surface area contributed by atoms with Crippen molar-refractivity contribution in [2.45, 2.75) is 38.8 Å². The Kier molecular flexibility index (Phi) is 4.88. The largest absolute Gasteiger partial charge is 0.349 e. The van der Waals surface area contributed by atoms with E-state index < -0.39 is 5.91 Å². The summed E-state index contributed by atoms with van der Waals surface area (Å²) >= 11 is 0. The van der Waals surface area contributed by atoms with Crippen LogP contribution >= 0.6 is 0 Å². The summed E-state index contributed by atoms with van der Waals surface area (Å²) in [6, 6.07) is 13.8. The predicted octanol–water partition coefficient (Wildman–Crippen LogP) is 3.12. The van der Waals surface area contributed by atoms with Gasteiger partial charge in [-0.15, -0.1) is 0 Å². The highest BCUT2D eigenvalue weighted by Gasteiger charge is 2.24. The number of hydrogen-bond donors (Lipinski definition) is 2. The van der Waals surface area contributed by atoms with E-state index in [4.69, 9.17) is 0 Å². The van der Waals surface area contributed by atoms with E-state index in [0.717, 1.165) is 12.8 Å². The van der Waals surface area contributed by atoms with Crippen LogP contribution in [0, 0.1) is 0 Å². The molecule has 7 heteroatoms. The summed E-state index contributed by atoms with van der Waals surface area (Å²) in [6.45, 7) is 3.69. The zero-order chi connectivity index (χ0) is 20.5. The highest BCUT2D eigenvalue weighted by molar-refractivity contribution is 6.11. The summed E-state index contributed by atoms with van der Waals surface area (Å²) in [7, 11) is 0. The molecule has 0 unspecified atom stereocenters. The van der Waals surface area contributed by atoms with Crippen LogP contribution in [-0.4, -0.2) is 27.6 Å². The molecular formula is C22H22N4O3. The van der Waals surface area contributed by atoms with Gasteiger partial charge in [-0.05, 0) is 57.0 Å². The number of anilines is 1. The number of fused-ring (bicyclic) bond motifs is 1. The van der Waals surface area contributed by atoms with Crippen LogP contribution in [0.1, 0.15) is 53.6 Å². The van der Waals surface area contributed by atoms with Crippen LogP contribution in [0.2, 0.25) is 0 Å². The van der Waals surface area contributed by atoms with Crippen LogP contribution in [0.3, 0.4) is 0 Å². The second-order valence-corrected chi connectivity index (χ2v) is 7.52. The second kappa shape index (κ2) is 7.50. The number of carbonyl (C=O) groups excluding carboxylic acids is 2. The standard InChI is InChI=1S/C22H22N4O3/c1-13(2)26-22(29)18-6-4-3-5-17(18)19(25-26)21(28)24-15-9-7-14(8-10-15)20(27)23-16-11-12-16/h3-10,13,16H,11-12H2,1-2H3,(H,23,27)(H,24,28). The number of aromatic nitrogens is 2. The highest BCUT2D eigenvalue weighted by Crippen LogP contribution is 2.20. The van der Waals surface area contributed by atoms with Gasteiger partial charge in [0.15, 0.2) is 5.69 Å². The fourth-order valence-corrected chi connectivity index (χ4v) is 3.12. The first-order valence-corrected chi connectivity index (χ1v) is 9.68. The molecule has 2 N–H and O–H groups in total. The molecule has 1 fully saturated rings. The molecule has 1 heterocycles. The number of benzene rings is 2. The van der Waals surface area contributed by atoms with Gasteiger partial charge in [-0.1, -0.05) is 18.2 Å². The lowest BCUT2D eigenvalue weighted by atomic mass is 10.1. The van der Waals surface area contributed by atoms with Crippen LogP contribution < -0.4 is 16.2 Å². The minimum Gasteiger partial charge on any atom is -0.349 e. The van der Waals surface area contributed by atoms with Gasteiger partial charge in [-0.25, -0.2) is 4.68 Å². The molecule has 29 heavy (non-hydrogen) atoms. The van der Waals surface area contributed by atoms with Crippen molar-refractivity contribution in [2.75, 3.05) is 5.32 Å². The molecule has 7 nitrogen and oxygen atoms in total. The Morgan fingerprint density at radius 1 is 1.00 bits per heavy atom. The summed E-state index contributed by atoms with van der Waals surface area (Å²) < 4.78 is 1.32. The maximum atomic E-state index is 12.9. The molecule has 1 saturated carbocycles. The van der Waals surface area contributed by atoms with E-state index in [1.165, 1.54) is 4.68 Å². The highest BCUT2D eigenvalue weighted by atomic mass is 16.2. The van der Waals surface area contributed by atoms with E-state index in [0.29, 0.717) is 22.0 Å². The Morgan fingerprint density at radius 2 is 1.66 bits per heavy atom. The van der Waals surface area contributed by atoms with E-state index in [-0.39, 0.29) is 29.2 Å². The Morgan fingerprint density at radius 3 is 2.28 bits per heavy atom. The Balaban J connectivity index is 1.61. The zero-order valence-electron chi connectivity index (χ0n) is 16.3. The van der Waals surface area contributed by atoms with Crippen molar-refractivity contribution in [3.63, 3.8) is 0 Å². The normalized spacial score (nSPS) is 13.5. The molecule has 148 valence electrons. The van der Waals surface area contributed by atoms with Gasteiger partial charge < -0.3 is 10.6 Å². The molecule has 2 amide bonds. The van der Waals surface area contributed by atoms with Gasteiger partial charge in [0.1, 0.15) is 0 Å². The van der Waals surface area contributed by atoms with Crippen LogP contribution in [-0.2, 0) is 0 Å². The van der Waals surface area contributed by atoms with Crippen LogP contribution in [0.4, 0.5) is 5.69 Å². The maximum absolute atomic E-state index is 12.9. The molecule has 2 aromatic carbocycles. The van der Waals surface area contributed by atoms with E-state index >= 15 is 0 Å². The van der Waals surface area contributed by atoms with Crippen molar-refractivity contribution in [1.29, 1.82) is 0 Å². The molecule has 0 saturated heterocycles. The molecule has 4 rings (SSSR count). The minimum absolute atomic E-state index is 0.109. The van der Waals surface area contributed by atoms with Crippen molar-refractivity contribution in [3.05, 3.63) is 70.1 Å². The smallest absolute Gasteiger partial charge is 0.276 e. The third kappa shape index (κ3) is 3.89. The summed E-state index contributed by atoms with van der Waals surface area (Å²) in [5, 5.41) is 11.0. The lowest BCUT2D eigenvalue weighted by Gasteiger charge is -2.13. The fraction of sp³-hybridized carbons (Fsp3) is 0.273. The summed E-state index contributed by atoms with van der Waals surface area (Å²) in [6.07, 6.45) is 2.05. The summed E-state index contributed by atoms with van der Waals surface area (Å²) in [5.41, 5.74) is 1.06.